The first kappa shape index (κ1) is 25.4. The smallest absolute Gasteiger partial charge is 0.279 e. The van der Waals surface area contributed by atoms with E-state index in [1.165, 1.54) is 12.1 Å². The van der Waals surface area contributed by atoms with Crippen molar-refractivity contribution in [2.75, 3.05) is 31.6 Å². The number of anilines is 1. The summed E-state index contributed by atoms with van der Waals surface area (Å²) in [5, 5.41) is 14.2. The fraction of sp³-hybridized carbons (Fsp3) is 0.400. The van der Waals surface area contributed by atoms with Crippen molar-refractivity contribution >= 4 is 39.1 Å². The highest BCUT2D eigenvalue weighted by Crippen LogP contribution is 2.37. The van der Waals surface area contributed by atoms with Crippen LogP contribution >= 0.6 is 0 Å². The quantitative estimate of drug-likeness (QED) is 0.385. The van der Waals surface area contributed by atoms with E-state index in [4.69, 9.17) is 20.4 Å². The van der Waals surface area contributed by atoms with Gasteiger partial charge < -0.3 is 15.2 Å². The number of benzene rings is 2. The fourth-order valence-electron chi connectivity index (χ4n) is 5.00. The molecule has 3 amide bonds. The van der Waals surface area contributed by atoms with E-state index >= 15 is 4.39 Å². The van der Waals surface area contributed by atoms with Crippen molar-refractivity contribution in [2.45, 2.75) is 37.0 Å². The summed E-state index contributed by atoms with van der Waals surface area (Å²) in [4.78, 5) is 40.3. The van der Waals surface area contributed by atoms with E-state index in [1.807, 2.05) is 0 Å². The lowest BCUT2D eigenvalue weighted by Gasteiger charge is -2.37. The Morgan fingerprint density at radius 3 is 2.62 bits per heavy atom. The number of amides is 3. The van der Waals surface area contributed by atoms with Gasteiger partial charge in [-0.3, -0.25) is 29.5 Å². The molecule has 5 rings (SSSR count). The second-order valence-electron chi connectivity index (χ2n) is 9.61. The van der Waals surface area contributed by atoms with Crippen LogP contribution in [0.5, 0.6) is 0 Å². The predicted octanol–water partition coefficient (Wildman–Crippen LogP) is 0.298. The molecule has 0 saturated carbocycles. The largest absolute Gasteiger partial charge is 0.392 e. The second kappa shape index (κ2) is 9.59. The molecule has 188 valence electrons. The summed E-state index contributed by atoms with van der Waals surface area (Å²) in [6.45, 7) is 3.26. The van der Waals surface area contributed by atoms with E-state index in [9.17, 15) is 19.5 Å². The zero-order valence-corrected chi connectivity index (χ0v) is 20.1. The van der Waals surface area contributed by atoms with Crippen LogP contribution in [0.25, 0.3) is 0 Å². The maximum atomic E-state index is 15.2. The predicted molar refractivity (Wildman–Crippen MR) is 133 cm³/mol. The third kappa shape index (κ3) is 4.76. The summed E-state index contributed by atoms with van der Waals surface area (Å²) in [7, 11) is 12.6. The van der Waals surface area contributed by atoms with Gasteiger partial charge in [0.05, 0.1) is 35.5 Å². The molecule has 0 aromatic heterocycles. The summed E-state index contributed by atoms with van der Waals surface area (Å²) in [6.07, 6.45) is -0.330. The van der Waals surface area contributed by atoms with Gasteiger partial charge in [-0.25, -0.2) is 4.39 Å². The fourth-order valence-corrected chi connectivity index (χ4v) is 5.00. The third-order valence-corrected chi connectivity index (χ3v) is 7.06. The maximum absolute atomic E-state index is 15.2. The van der Waals surface area contributed by atoms with Crippen LogP contribution in [-0.2, 0) is 32.8 Å². The molecule has 1 unspecified atom stereocenters. The number of imide groups is 1. The summed E-state index contributed by atoms with van der Waals surface area (Å²) < 4.78 is 20.5. The summed E-state index contributed by atoms with van der Waals surface area (Å²) in [5.74, 6) is -2.63. The molecule has 2 fully saturated rings. The normalized spacial score (nSPS) is 22.6. The minimum absolute atomic E-state index is 0.0285. The van der Waals surface area contributed by atoms with Crippen LogP contribution in [0.15, 0.2) is 36.4 Å². The number of rotatable bonds is 6. The highest BCUT2D eigenvalue weighted by Gasteiger charge is 2.51. The molecule has 2 aromatic carbocycles. The first-order chi connectivity index (χ1) is 17.6. The Morgan fingerprint density at radius 1 is 1.16 bits per heavy atom. The van der Waals surface area contributed by atoms with Crippen LogP contribution in [0.3, 0.4) is 0 Å². The van der Waals surface area contributed by atoms with Crippen molar-refractivity contribution in [1.29, 1.82) is 0 Å². The Hall–Kier alpha value is -3.21. The van der Waals surface area contributed by atoms with Gasteiger partial charge in [-0.15, -0.1) is 0 Å². The van der Waals surface area contributed by atoms with E-state index in [0.29, 0.717) is 31.0 Å². The van der Waals surface area contributed by atoms with E-state index in [2.05, 4.69) is 15.5 Å². The lowest BCUT2D eigenvalue weighted by Crippen LogP contribution is -2.63. The van der Waals surface area contributed by atoms with Crippen molar-refractivity contribution in [2.24, 2.45) is 0 Å². The maximum Gasteiger partial charge on any atom is 0.279 e. The average molecular weight is 502 g/mol. The van der Waals surface area contributed by atoms with Crippen molar-refractivity contribution in [3.8, 4) is 0 Å². The number of piperidine rings is 1. The van der Waals surface area contributed by atoms with Crippen LogP contribution in [0.4, 0.5) is 10.1 Å². The van der Waals surface area contributed by atoms with E-state index in [-0.39, 0.29) is 30.5 Å². The minimum Gasteiger partial charge on any atom is -0.392 e. The van der Waals surface area contributed by atoms with Crippen LogP contribution in [-0.4, -0.2) is 80.3 Å². The number of morpholine rings is 1. The molecule has 9 nitrogen and oxygen atoms in total. The lowest BCUT2D eigenvalue weighted by molar-refractivity contribution is -0.167. The number of ether oxygens (including phenoxy) is 1. The van der Waals surface area contributed by atoms with Gasteiger partial charge in [0.15, 0.2) is 0 Å². The van der Waals surface area contributed by atoms with Crippen LogP contribution < -0.4 is 10.6 Å². The molecule has 12 heteroatoms. The molecule has 0 bridgehead atoms. The van der Waals surface area contributed by atoms with Gasteiger partial charge in [-0.05, 0) is 34.7 Å². The number of carbonyl (C=O) groups excluding carboxylic acids is 3. The monoisotopic (exact) mass is 502 g/mol. The van der Waals surface area contributed by atoms with Gasteiger partial charge in [-0.1, -0.05) is 18.2 Å². The van der Waals surface area contributed by atoms with E-state index < -0.39 is 34.6 Å². The number of carbonyl (C=O) groups is 3. The summed E-state index contributed by atoms with van der Waals surface area (Å²) >= 11 is 0. The molecule has 2 aromatic rings. The number of nitrogens with zero attached hydrogens (tertiary/aromatic N) is 2. The molecule has 3 N–H and O–H groups in total. The number of nitrogens with one attached hydrogen (secondary N) is 2. The van der Waals surface area contributed by atoms with Gasteiger partial charge in [0.25, 0.3) is 11.8 Å². The Bertz CT molecular complexity index is 1270. The van der Waals surface area contributed by atoms with Gasteiger partial charge >= 0.3 is 0 Å². The highest BCUT2D eigenvalue weighted by atomic mass is 19.1. The number of halogens is 1. The average Bonchev–Trinajstić information content (AvgIpc) is 3.20. The first-order valence-electron chi connectivity index (χ1n) is 12.0. The number of hydrogen-bond donors (Lipinski definition) is 3. The minimum atomic E-state index is -2.17. The molecule has 3 aliphatic rings. The van der Waals surface area contributed by atoms with Crippen LogP contribution in [0.2, 0.25) is 0 Å². The first-order valence-corrected chi connectivity index (χ1v) is 12.0. The van der Waals surface area contributed by atoms with E-state index in [1.54, 1.807) is 24.3 Å². The van der Waals surface area contributed by atoms with Crippen molar-refractivity contribution in [3.05, 3.63) is 64.5 Å². The molecule has 3 heterocycles. The van der Waals surface area contributed by atoms with Gasteiger partial charge in [0, 0.05) is 49.3 Å². The summed E-state index contributed by atoms with van der Waals surface area (Å²) in [5.41, 5.74) is -0.340. The number of aliphatic hydroxyl groups is 1. The second-order valence-corrected chi connectivity index (χ2v) is 9.61. The van der Waals surface area contributed by atoms with Crippen LogP contribution in [0, 0.1) is 5.82 Å². The SMILES string of the molecule is [B]C([B])(Nc1cccc2c1CN(C1(O)CCC(=O)NC1=O)C2=O)c1ccc(CN2CCOCC2)cc1F. The molecule has 2 saturated heterocycles. The molecule has 3 aliphatic heterocycles. The number of fused-ring (bicyclic) bond motifs is 1. The standard InChI is InChI=1S/C25H25B2FN4O5/c26-25(27,18-5-4-15(12-19(18)28)13-31-8-10-37-11-9-31)30-20-3-1-2-16-17(20)14-32(22(16)34)24(36)7-6-21(33)29-23(24)35/h1-5,12,30,36H,6-11,13-14H2,(H,29,33,35). The Kier molecular flexibility index (Phi) is 6.59. The lowest BCUT2D eigenvalue weighted by atomic mass is 9.57. The molecule has 4 radical (unpaired) electrons. The molecule has 0 spiro atoms. The number of hydrogen-bond acceptors (Lipinski definition) is 7. The van der Waals surface area contributed by atoms with Gasteiger partial charge in [0.1, 0.15) is 5.82 Å². The Balaban J connectivity index is 1.36. The van der Waals surface area contributed by atoms with E-state index in [0.717, 1.165) is 23.6 Å². The molecule has 37 heavy (non-hydrogen) atoms. The Labute approximate surface area is 216 Å². The Morgan fingerprint density at radius 2 is 1.92 bits per heavy atom. The molecular weight excluding hydrogens is 477 g/mol. The van der Waals surface area contributed by atoms with Crippen LogP contribution in [0.1, 0.15) is 39.9 Å². The van der Waals surface area contributed by atoms with Crippen molar-refractivity contribution < 1.29 is 28.6 Å². The molecular formula is C25H25B2FN4O5. The topological polar surface area (TPSA) is 111 Å². The zero-order chi connectivity index (χ0) is 26.4. The zero-order valence-electron chi connectivity index (χ0n) is 20.1. The van der Waals surface area contributed by atoms with Gasteiger partial charge in [-0.2, -0.15) is 0 Å². The van der Waals surface area contributed by atoms with Crippen molar-refractivity contribution in [1.82, 2.24) is 15.1 Å². The van der Waals surface area contributed by atoms with Gasteiger partial charge in [0.2, 0.25) is 11.6 Å². The third-order valence-electron chi connectivity index (χ3n) is 7.06. The van der Waals surface area contributed by atoms with Crippen molar-refractivity contribution in [3.63, 3.8) is 0 Å². The molecule has 0 aliphatic carbocycles. The summed E-state index contributed by atoms with van der Waals surface area (Å²) in [6, 6.07) is 9.47. The highest BCUT2D eigenvalue weighted by molar-refractivity contribution is 6.41. The molecule has 1 atom stereocenters.